The molecular formula is C19H17N3O3. The Hall–Kier alpha value is -3.28. The van der Waals surface area contributed by atoms with Gasteiger partial charge < -0.3 is 5.11 Å². The van der Waals surface area contributed by atoms with E-state index in [1.165, 1.54) is 16.7 Å². The molecule has 126 valence electrons. The molecule has 0 fully saturated rings. The van der Waals surface area contributed by atoms with Crippen LogP contribution in [0.1, 0.15) is 40.7 Å². The molecule has 0 aliphatic heterocycles. The number of carboxylic acids is 1. The third-order valence-electron chi connectivity index (χ3n) is 3.79. The van der Waals surface area contributed by atoms with Gasteiger partial charge in [0.15, 0.2) is 0 Å². The van der Waals surface area contributed by atoms with Gasteiger partial charge in [0.2, 0.25) is 0 Å². The Bertz CT molecular complexity index is 1010. The highest BCUT2D eigenvalue weighted by Gasteiger charge is 2.12. The molecule has 0 radical (unpaired) electrons. The highest BCUT2D eigenvalue weighted by molar-refractivity contribution is 5.87. The molecule has 25 heavy (non-hydrogen) atoms. The Labute approximate surface area is 144 Å². The van der Waals surface area contributed by atoms with E-state index in [0.717, 1.165) is 12.1 Å². The normalized spacial score (nSPS) is 11.2. The first kappa shape index (κ1) is 16.6. The molecule has 0 spiro atoms. The van der Waals surface area contributed by atoms with Crippen molar-refractivity contribution >= 4 is 23.8 Å². The van der Waals surface area contributed by atoms with Crippen LogP contribution < -0.4 is 5.56 Å². The Morgan fingerprint density at radius 1 is 1.24 bits per heavy atom. The van der Waals surface area contributed by atoms with Crippen LogP contribution in [0, 0.1) is 0 Å². The number of rotatable bonds is 5. The molecule has 3 aromatic heterocycles. The average molecular weight is 335 g/mol. The number of aromatic nitrogens is 3. The molecule has 1 N–H and O–H groups in total. The highest BCUT2D eigenvalue weighted by Crippen LogP contribution is 2.12. The van der Waals surface area contributed by atoms with Gasteiger partial charge in [-0.1, -0.05) is 19.4 Å². The van der Waals surface area contributed by atoms with Crippen molar-refractivity contribution in [1.29, 1.82) is 0 Å². The van der Waals surface area contributed by atoms with Crippen LogP contribution >= 0.6 is 0 Å². The van der Waals surface area contributed by atoms with Crippen molar-refractivity contribution in [3.63, 3.8) is 0 Å². The van der Waals surface area contributed by atoms with Gasteiger partial charge in [-0.15, -0.1) is 0 Å². The number of aromatic carboxylic acids is 1. The number of nitrogens with zero attached hydrogens (tertiary/aromatic N) is 3. The third-order valence-corrected chi connectivity index (χ3v) is 3.79. The minimum absolute atomic E-state index is 0.0515. The van der Waals surface area contributed by atoms with Gasteiger partial charge in [-0.25, -0.2) is 9.78 Å². The molecule has 3 aromatic rings. The monoisotopic (exact) mass is 335 g/mol. The van der Waals surface area contributed by atoms with E-state index in [0.29, 0.717) is 23.3 Å². The molecule has 3 heterocycles. The lowest BCUT2D eigenvalue weighted by molar-refractivity contribution is 0.0696. The summed E-state index contributed by atoms with van der Waals surface area (Å²) < 4.78 is 1.30. The van der Waals surface area contributed by atoms with Crippen LogP contribution in [0.3, 0.4) is 0 Å². The van der Waals surface area contributed by atoms with E-state index in [4.69, 9.17) is 5.11 Å². The molecule has 0 saturated carbocycles. The van der Waals surface area contributed by atoms with E-state index in [9.17, 15) is 9.59 Å². The van der Waals surface area contributed by atoms with E-state index in [2.05, 4.69) is 9.97 Å². The van der Waals surface area contributed by atoms with Crippen molar-refractivity contribution in [2.75, 3.05) is 0 Å². The van der Waals surface area contributed by atoms with Crippen molar-refractivity contribution in [1.82, 2.24) is 14.4 Å². The quantitative estimate of drug-likeness (QED) is 0.775. The lowest BCUT2D eigenvalue weighted by Gasteiger charge is -2.08. The molecule has 0 amide bonds. The standard InChI is InChI=1S/C19H17N3O3/c1-2-5-15-16(9-8-14-6-3-4-11-20-14)21-17-10-7-13(19(24)25)12-22(17)18(15)23/h3-4,6-12H,2,5H2,1H3,(H,24,25)/b9-8+. The zero-order valence-corrected chi connectivity index (χ0v) is 13.7. The number of pyridine rings is 2. The minimum Gasteiger partial charge on any atom is -0.478 e. The summed E-state index contributed by atoms with van der Waals surface area (Å²) in [4.78, 5) is 32.7. The molecule has 0 aliphatic carbocycles. The SMILES string of the molecule is CCCc1c(/C=C/c2ccccn2)nc2ccc(C(=O)O)cn2c1=O. The number of carboxylic acid groups (broad SMARTS) is 1. The van der Waals surface area contributed by atoms with Crippen molar-refractivity contribution in [2.24, 2.45) is 0 Å². The van der Waals surface area contributed by atoms with Gasteiger partial charge in [-0.2, -0.15) is 0 Å². The summed E-state index contributed by atoms with van der Waals surface area (Å²) in [6, 6.07) is 8.56. The fraction of sp³-hybridized carbons (Fsp3) is 0.158. The average Bonchev–Trinajstić information content (AvgIpc) is 2.63. The molecule has 0 saturated heterocycles. The summed E-state index contributed by atoms with van der Waals surface area (Å²) in [5.74, 6) is -1.08. The van der Waals surface area contributed by atoms with Crippen molar-refractivity contribution in [2.45, 2.75) is 19.8 Å². The van der Waals surface area contributed by atoms with Crippen LogP contribution in [0.15, 0.2) is 47.5 Å². The summed E-state index contributed by atoms with van der Waals surface area (Å²) >= 11 is 0. The van der Waals surface area contributed by atoms with E-state index in [1.54, 1.807) is 18.3 Å². The van der Waals surface area contributed by atoms with Gasteiger partial charge >= 0.3 is 5.97 Å². The van der Waals surface area contributed by atoms with Gasteiger partial charge in [0.25, 0.3) is 5.56 Å². The van der Waals surface area contributed by atoms with Crippen LogP contribution in [-0.4, -0.2) is 25.4 Å². The predicted octanol–water partition coefficient (Wildman–Crippen LogP) is 2.91. The predicted molar refractivity (Wildman–Crippen MR) is 95.6 cm³/mol. The van der Waals surface area contributed by atoms with Crippen LogP contribution in [0.2, 0.25) is 0 Å². The van der Waals surface area contributed by atoms with Gasteiger partial charge in [-0.3, -0.25) is 14.2 Å². The molecule has 0 aliphatic rings. The van der Waals surface area contributed by atoms with Crippen LogP contribution in [0.5, 0.6) is 0 Å². The Morgan fingerprint density at radius 2 is 2.08 bits per heavy atom. The molecule has 0 aromatic carbocycles. The molecule has 6 nitrogen and oxygen atoms in total. The second kappa shape index (κ2) is 7.09. The summed E-state index contributed by atoms with van der Waals surface area (Å²) in [6.45, 7) is 1.98. The number of hydrogen-bond acceptors (Lipinski definition) is 4. The molecule has 3 rings (SSSR count). The molecule has 0 bridgehead atoms. The van der Waals surface area contributed by atoms with Gasteiger partial charge in [0, 0.05) is 18.0 Å². The smallest absolute Gasteiger partial charge is 0.337 e. The van der Waals surface area contributed by atoms with Crippen LogP contribution in [0.4, 0.5) is 0 Å². The maximum Gasteiger partial charge on any atom is 0.337 e. The first-order valence-electron chi connectivity index (χ1n) is 7.98. The van der Waals surface area contributed by atoms with Crippen LogP contribution in [-0.2, 0) is 6.42 Å². The second-order valence-corrected chi connectivity index (χ2v) is 5.57. The van der Waals surface area contributed by atoms with E-state index < -0.39 is 5.97 Å². The lowest BCUT2D eigenvalue weighted by Crippen LogP contribution is -2.22. The number of fused-ring (bicyclic) bond motifs is 1. The van der Waals surface area contributed by atoms with Crippen LogP contribution in [0.25, 0.3) is 17.8 Å². The minimum atomic E-state index is -1.08. The van der Waals surface area contributed by atoms with E-state index >= 15 is 0 Å². The summed E-state index contributed by atoms with van der Waals surface area (Å²) in [5.41, 5.74) is 2.14. The van der Waals surface area contributed by atoms with Crippen molar-refractivity contribution in [3.8, 4) is 0 Å². The first-order chi connectivity index (χ1) is 12.1. The van der Waals surface area contributed by atoms with Crippen molar-refractivity contribution in [3.05, 3.63) is 75.6 Å². The second-order valence-electron chi connectivity index (χ2n) is 5.57. The maximum atomic E-state index is 12.8. The summed E-state index contributed by atoms with van der Waals surface area (Å²) in [5, 5.41) is 9.12. The Kier molecular flexibility index (Phi) is 4.70. The summed E-state index contributed by atoms with van der Waals surface area (Å²) in [6.07, 6.45) is 7.95. The highest BCUT2D eigenvalue weighted by atomic mass is 16.4. The molecular weight excluding hydrogens is 318 g/mol. The Balaban J connectivity index is 2.16. The molecule has 6 heteroatoms. The fourth-order valence-corrected chi connectivity index (χ4v) is 2.58. The van der Waals surface area contributed by atoms with Crippen molar-refractivity contribution < 1.29 is 9.90 Å². The number of carbonyl (C=O) groups is 1. The number of hydrogen-bond donors (Lipinski definition) is 1. The lowest BCUT2D eigenvalue weighted by atomic mass is 10.1. The Morgan fingerprint density at radius 3 is 2.76 bits per heavy atom. The zero-order chi connectivity index (χ0) is 17.8. The van der Waals surface area contributed by atoms with Gasteiger partial charge in [0.1, 0.15) is 5.65 Å². The van der Waals surface area contributed by atoms with E-state index in [1.807, 2.05) is 31.2 Å². The molecule has 0 unspecified atom stereocenters. The maximum absolute atomic E-state index is 12.8. The summed E-state index contributed by atoms with van der Waals surface area (Å²) in [7, 11) is 0. The zero-order valence-electron chi connectivity index (χ0n) is 13.7. The largest absolute Gasteiger partial charge is 0.478 e. The van der Waals surface area contributed by atoms with E-state index in [-0.39, 0.29) is 11.1 Å². The fourth-order valence-electron chi connectivity index (χ4n) is 2.58. The third kappa shape index (κ3) is 3.47. The van der Waals surface area contributed by atoms with Gasteiger partial charge in [0.05, 0.1) is 17.0 Å². The molecule has 0 atom stereocenters. The first-order valence-corrected chi connectivity index (χ1v) is 7.98. The van der Waals surface area contributed by atoms with Gasteiger partial charge in [-0.05, 0) is 42.8 Å². The topological polar surface area (TPSA) is 84.6 Å².